The van der Waals surface area contributed by atoms with Crippen LogP contribution in [0.25, 0.3) is 0 Å². The van der Waals surface area contributed by atoms with Crippen molar-refractivity contribution < 1.29 is 9.53 Å². The Morgan fingerprint density at radius 3 is 2.68 bits per heavy atom. The highest BCUT2D eigenvalue weighted by Crippen LogP contribution is 2.66. The van der Waals surface area contributed by atoms with Gasteiger partial charge in [0.1, 0.15) is 6.10 Å². The second-order valence-corrected chi connectivity index (χ2v) is 7.82. The van der Waals surface area contributed by atoms with Crippen LogP contribution in [0, 0.1) is 23.7 Å². The number of aryl methyl sites for hydroxylation is 1. The highest BCUT2D eigenvalue weighted by Gasteiger charge is 2.62. The number of carbonyl (C=O) groups is 1. The molecule has 1 heterocycles. The highest BCUT2D eigenvalue weighted by atomic mass is 32.1. The van der Waals surface area contributed by atoms with Crippen LogP contribution in [0.4, 0.5) is 0 Å². The summed E-state index contributed by atoms with van der Waals surface area (Å²) >= 11 is 1.49. The molecule has 3 rings (SSSR count). The van der Waals surface area contributed by atoms with Gasteiger partial charge >= 0.3 is 5.97 Å². The maximum Gasteiger partial charge on any atom is 0.358 e. The summed E-state index contributed by atoms with van der Waals surface area (Å²) in [7, 11) is 0. The number of ether oxygens (including phenoxy) is 1. The number of nitrogens with zero attached hydrogens (tertiary/aromatic N) is 1. The zero-order chi connectivity index (χ0) is 13.8. The largest absolute Gasteiger partial charge is 0.457 e. The molecule has 0 radical (unpaired) electrons. The summed E-state index contributed by atoms with van der Waals surface area (Å²) in [5.41, 5.74) is 0.862. The maximum absolute atomic E-state index is 12.2. The van der Waals surface area contributed by atoms with Gasteiger partial charge in [-0.1, -0.05) is 20.8 Å². The fourth-order valence-electron chi connectivity index (χ4n) is 3.96. The predicted molar refractivity (Wildman–Crippen MR) is 75.3 cm³/mol. The first-order chi connectivity index (χ1) is 8.84. The van der Waals surface area contributed by atoms with Gasteiger partial charge in [0, 0.05) is 10.8 Å². The normalized spacial score (nSPS) is 35.6. The van der Waals surface area contributed by atoms with E-state index in [2.05, 4.69) is 25.8 Å². The lowest BCUT2D eigenvalue weighted by atomic mass is 9.70. The van der Waals surface area contributed by atoms with Crippen LogP contribution in [-0.4, -0.2) is 17.1 Å². The Bertz CT molecular complexity index is 522. The summed E-state index contributed by atoms with van der Waals surface area (Å²) in [6, 6.07) is 0. The van der Waals surface area contributed by atoms with Crippen LogP contribution in [0.5, 0.6) is 0 Å². The highest BCUT2D eigenvalue weighted by molar-refractivity contribution is 7.09. The average molecular weight is 279 g/mol. The summed E-state index contributed by atoms with van der Waals surface area (Å²) < 4.78 is 5.79. The molecule has 2 aliphatic carbocycles. The van der Waals surface area contributed by atoms with E-state index in [0.717, 1.165) is 11.4 Å². The molecule has 3 nitrogen and oxygen atoms in total. The summed E-state index contributed by atoms with van der Waals surface area (Å²) in [6.45, 7) is 8.84. The van der Waals surface area contributed by atoms with Gasteiger partial charge in [0.15, 0.2) is 5.69 Å². The number of aromatic nitrogens is 1. The molecule has 0 amide bonds. The van der Waals surface area contributed by atoms with Gasteiger partial charge < -0.3 is 4.74 Å². The van der Waals surface area contributed by atoms with Crippen molar-refractivity contribution in [3.63, 3.8) is 0 Å². The molecular weight excluding hydrogens is 258 g/mol. The van der Waals surface area contributed by atoms with Gasteiger partial charge in [0.2, 0.25) is 0 Å². The van der Waals surface area contributed by atoms with Crippen molar-refractivity contribution in [2.75, 3.05) is 0 Å². The van der Waals surface area contributed by atoms with Gasteiger partial charge in [-0.15, -0.1) is 11.3 Å². The van der Waals surface area contributed by atoms with Crippen LogP contribution < -0.4 is 0 Å². The van der Waals surface area contributed by atoms with E-state index >= 15 is 0 Å². The molecule has 2 saturated carbocycles. The van der Waals surface area contributed by atoms with E-state index < -0.39 is 0 Å². The average Bonchev–Trinajstić information content (AvgIpc) is 2.91. The van der Waals surface area contributed by atoms with E-state index in [0.29, 0.717) is 11.6 Å². The lowest BCUT2D eigenvalue weighted by Gasteiger charge is -2.38. The Morgan fingerprint density at radius 1 is 1.47 bits per heavy atom. The molecule has 1 aromatic heterocycles. The van der Waals surface area contributed by atoms with Crippen LogP contribution in [0.1, 0.15) is 55.5 Å². The minimum Gasteiger partial charge on any atom is -0.457 e. The second kappa shape index (κ2) is 4.05. The number of thiazole rings is 1. The van der Waals surface area contributed by atoms with Crippen LogP contribution in [0.15, 0.2) is 5.38 Å². The summed E-state index contributed by atoms with van der Waals surface area (Å²) in [5, 5.41) is 2.70. The number of rotatable bonds is 2. The first-order valence-corrected chi connectivity index (χ1v) is 7.85. The number of fused-ring (bicyclic) bond motifs is 2. The van der Waals surface area contributed by atoms with Crippen LogP contribution in [0.2, 0.25) is 0 Å². The number of carbonyl (C=O) groups excluding carboxylic acids is 1. The minimum absolute atomic E-state index is 0.0516. The third kappa shape index (κ3) is 1.76. The molecule has 0 spiro atoms. The quantitative estimate of drug-likeness (QED) is 0.772. The van der Waals surface area contributed by atoms with Crippen molar-refractivity contribution in [1.29, 1.82) is 0 Å². The number of hydrogen-bond acceptors (Lipinski definition) is 4. The van der Waals surface area contributed by atoms with Gasteiger partial charge in [0.25, 0.3) is 0 Å². The van der Waals surface area contributed by atoms with Gasteiger partial charge in [-0.25, -0.2) is 9.78 Å². The van der Waals surface area contributed by atoms with Crippen molar-refractivity contribution in [3.05, 3.63) is 16.1 Å². The molecule has 2 fully saturated rings. The summed E-state index contributed by atoms with van der Waals surface area (Å²) in [5.74, 6) is 0.436. The van der Waals surface area contributed by atoms with Gasteiger partial charge in [-0.05, 0) is 37.5 Å². The van der Waals surface area contributed by atoms with E-state index in [1.807, 2.05) is 6.92 Å². The molecule has 2 aliphatic rings. The molecule has 3 unspecified atom stereocenters. The Balaban J connectivity index is 1.77. The van der Waals surface area contributed by atoms with Crippen molar-refractivity contribution in [1.82, 2.24) is 4.98 Å². The zero-order valence-corrected chi connectivity index (χ0v) is 12.8. The molecule has 0 aliphatic heterocycles. The van der Waals surface area contributed by atoms with Crippen molar-refractivity contribution in [2.45, 2.75) is 53.1 Å². The molecule has 0 aromatic carbocycles. The first kappa shape index (κ1) is 13.1. The Kier molecular flexibility index (Phi) is 2.79. The third-order valence-electron chi connectivity index (χ3n) is 5.79. The minimum atomic E-state index is -0.251. The van der Waals surface area contributed by atoms with Crippen molar-refractivity contribution >= 4 is 17.3 Å². The lowest BCUT2D eigenvalue weighted by Crippen LogP contribution is -2.38. The molecule has 104 valence electrons. The summed E-state index contributed by atoms with van der Waals surface area (Å²) in [6.07, 6.45) is 3.50. The Hall–Kier alpha value is -0.900. The van der Waals surface area contributed by atoms with Gasteiger partial charge in [-0.2, -0.15) is 0 Å². The Labute approximate surface area is 118 Å². The van der Waals surface area contributed by atoms with Crippen LogP contribution in [-0.2, 0) is 4.74 Å². The Morgan fingerprint density at radius 2 is 2.21 bits per heavy atom. The third-order valence-corrected chi connectivity index (χ3v) is 6.56. The molecular formula is C15H21NO2S. The van der Waals surface area contributed by atoms with E-state index in [-0.39, 0.29) is 22.9 Å². The van der Waals surface area contributed by atoms with Crippen molar-refractivity contribution in [3.8, 4) is 0 Å². The molecule has 3 atom stereocenters. The molecule has 2 bridgehead atoms. The van der Waals surface area contributed by atoms with Crippen LogP contribution in [0.3, 0.4) is 0 Å². The monoisotopic (exact) mass is 279 g/mol. The standard InChI is InChI=1S/C15H21NO2S/c1-9-16-11(8-19-9)13(17)18-12-7-10-5-6-15(12,4)14(10,2)3/h8,10,12H,5-7H2,1-4H3. The lowest BCUT2D eigenvalue weighted by molar-refractivity contribution is -0.0246. The molecule has 19 heavy (non-hydrogen) atoms. The molecule has 1 aromatic rings. The van der Waals surface area contributed by atoms with Gasteiger partial charge in [-0.3, -0.25) is 0 Å². The van der Waals surface area contributed by atoms with E-state index in [4.69, 9.17) is 4.74 Å². The SMILES string of the molecule is Cc1nc(C(=O)OC2CC3CCC2(C)C3(C)C)cs1. The fourth-order valence-corrected chi connectivity index (χ4v) is 4.54. The molecule has 4 heteroatoms. The van der Waals surface area contributed by atoms with Crippen molar-refractivity contribution in [2.24, 2.45) is 16.7 Å². The fraction of sp³-hybridized carbons (Fsp3) is 0.733. The first-order valence-electron chi connectivity index (χ1n) is 6.98. The maximum atomic E-state index is 12.2. The van der Waals surface area contributed by atoms with Gasteiger partial charge in [0.05, 0.1) is 5.01 Å². The number of hydrogen-bond donors (Lipinski definition) is 0. The summed E-state index contributed by atoms with van der Waals surface area (Å²) in [4.78, 5) is 16.4. The predicted octanol–water partition coefficient (Wildman–Crippen LogP) is 3.82. The van der Waals surface area contributed by atoms with E-state index in [9.17, 15) is 4.79 Å². The van der Waals surface area contributed by atoms with E-state index in [1.54, 1.807) is 5.38 Å². The smallest absolute Gasteiger partial charge is 0.358 e. The van der Waals surface area contributed by atoms with Crippen LogP contribution >= 0.6 is 11.3 Å². The number of esters is 1. The van der Waals surface area contributed by atoms with E-state index in [1.165, 1.54) is 24.2 Å². The molecule has 0 N–H and O–H groups in total. The molecule has 0 saturated heterocycles. The second-order valence-electron chi connectivity index (χ2n) is 6.76. The topological polar surface area (TPSA) is 39.2 Å². The zero-order valence-electron chi connectivity index (χ0n) is 12.0.